The fourth-order valence-electron chi connectivity index (χ4n) is 2.91. The van der Waals surface area contributed by atoms with Gasteiger partial charge in [-0.25, -0.2) is 0 Å². The standard InChI is InChI=1S/C15H17N3O2/c16-14(19)12-8-13-11(15(20)17-12)6-7-18(13)9-10-4-2-1-3-5-10/h1-7,11-13H,8-9H2,(H2,16,19)(H,17,20). The lowest BCUT2D eigenvalue weighted by molar-refractivity contribution is -0.133. The van der Waals surface area contributed by atoms with Gasteiger partial charge in [-0.1, -0.05) is 36.4 Å². The van der Waals surface area contributed by atoms with Crippen LogP contribution in [0, 0.1) is 5.92 Å². The number of nitrogens with zero attached hydrogens (tertiary/aromatic N) is 1. The maximum absolute atomic E-state index is 12.0. The molecule has 1 aromatic rings. The van der Waals surface area contributed by atoms with Gasteiger partial charge in [-0.2, -0.15) is 0 Å². The van der Waals surface area contributed by atoms with Crippen LogP contribution in [0.1, 0.15) is 12.0 Å². The monoisotopic (exact) mass is 271 g/mol. The minimum absolute atomic E-state index is 0.0152. The summed E-state index contributed by atoms with van der Waals surface area (Å²) in [5.74, 6) is -0.769. The maximum Gasteiger partial charge on any atom is 0.240 e. The molecule has 3 atom stereocenters. The van der Waals surface area contributed by atoms with Crippen LogP contribution in [-0.4, -0.2) is 28.8 Å². The summed E-state index contributed by atoms with van der Waals surface area (Å²) in [4.78, 5) is 25.4. The Hall–Kier alpha value is -2.30. The number of fused-ring (bicyclic) bond motifs is 1. The Morgan fingerprint density at radius 3 is 2.80 bits per heavy atom. The highest BCUT2D eigenvalue weighted by Crippen LogP contribution is 2.30. The first-order valence-corrected chi connectivity index (χ1v) is 6.73. The summed E-state index contributed by atoms with van der Waals surface area (Å²) in [7, 11) is 0. The van der Waals surface area contributed by atoms with E-state index < -0.39 is 11.9 Å². The van der Waals surface area contributed by atoms with E-state index in [1.807, 2.05) is 30.5 Å². The normalized spacial score (nSPS) is 28.1. The molecule has 2 aliphatic heterocycles. The van der Waals surface area contributed by atoms with E-state index in [0.29, 0.717) is 6.42 Å². The van der Waals surface area contributed by atoms with E-state index in [9.17, 15) is 9.59 Å². The zero-order valence-corrected chi connectivity index (χ0v) is 11.0. The number of benzene rings is 1. The van der Waals surface area contributed by atoms with Gasteiger partial charge in [0.25, 0.3) is 0 Å². The lowest BCUT2D eigenvalue weighted by Crippen LogP contribution is -2.56. The van der Waals surface area contributed by atoms with Crippen LogP contribution in [0.4, 0.5) is 0 Å². The van der Waals surface area contributed by atoms with Crippen molar-refractivity contribution in [2.75, 3.05) is 0 Å². The van der Waals surface area contributed by atoms with Crippen LogP contribution in [0.3, 0.4) is 0 Å². The van der Waals surface area contributed by atoms with E-state index >= 15 is 0 Å². The molecule has 1 fully saturated rings. The molecule has 0 saturated carbocycles. The lowest BCUT2D eigenvalue weighted by Gasteiger charge is -2.36. The summed E-state index contributed by atoms with van der Waals surface area (Å²) >= 11 is 0. The van der Waals surface area contributed by atoms with Gasteiger partial charge in [-0.15, -0.1) is 0 Å². The Bertz CT molecular complexity index is 555. The highest BCUT2D eigenvalue weighted by Gasteiger charge is 2.42. The Balaban J connectivity index is 1.76. The topological polar surface area (TPSA) is 75.4 Å². The Morgan fingerprint density at radius 2 is 2.10 bits per heavy atom. The van der Waals surface area contributed by atoms with Crippen molar-refractivity contribution >= 4 is 11.8 Å². The summed E-state index contributed by atoms with van der Waals surface area (Å²) in [6, 6.07) is 9.51. The van der Waals surface area contributed by atoms with Crippen molar-refractivity contribution in [3.63, 3.8) is 0 Å². The number of nitrogens with one attached hydrogen (secondary N) is 1. The third-order valence-electron chi connectivity index (χ3n) is 3.97. The second kappa shape index (κ2) is 5.00. The molecule has 0 bridgehead atoms. The van der Waals surface area contributed by atoms with Gasteiger partial charge < -0.3 is 16.0 Å². The second-order valence-electron chi connectivity index (χ2n) is 5.29. The number of nitrogens with two attached hydrogens (primary N) is 1. The van der Waals surface area contributed by atoms with Gasteiger partial charge >= 0.3 is 0 Å². The van der Waals surface area contributed by atoms with Crippen molar-refractivity contribution in [3.05, 3.63) is 48.2 Å². The highest BCUT2D eigenvalue weighted by molar-refractivity contribution is 5.90. The number of carbonyl (C=O) groups is 2. The number of hydrogen-bond donors (Lipinski definition) is 2. The van der Waals surface area contributed by atoms with E-state index in [1.54, 1.807) is 0 Å². The molecule has 1 saturated heterocycles. The quantitative estimate of drug-likeness (QED) is 0.834. The van der Waals surface area contributed by atoms with E-state index in [2.05, 4.69) is 22.3 Å². The molecular weight excluding hydrogens is 254 g/mol. The van der Waals surface area contributed by atoms with Crippen molar-refractivity contribution < 1.29 is 9.59 Å². The van der Waals surface area contributed by atoms with Crippen LogP contribution in [0.2, 0.25) is 0 Å². The van der Waals surface area contributed by atoms with Crippen LogP contribution in [0.25, 0.3) is 0 Å². The maximum atomic E-state index is 12.0. The smallest absolute Gasteiger partial charge is 0.240 e. The zero-order valence-electron chi connectivity index (χ0n) is 11.0. The van der Waals surface area contributed by atoms with E-state index in [1.165, 1.54) is 5.56 Å². The third-order valence-corrected chi connectivity index (χ3v) is 3.97. The zero-order chi connectivity index (χ0) is 14.1. The molecule has 104 valence electrons. The van der Waals surface area contributed by atoms with E-state index in [4.69, 9.17) is 5.73 Å². The Morgan fingerprint density at radius 1 is 1.35 bits per heavy atom. The first-order chi connectivity index (χ1) is 9.65. The van der Waals surface area contributed by atoms with Crippen LogP contribution >= 0.6 is 0 Å². The molecule has 0 radical (unpaired) electrons. The summed E-state index contributed by atoms with van der Waals surface area (Å²) in [6.07, 6.45) is 4.41. The average molecular weight is 271 g/mol. The fourth-order valence-corrected chi connectivity index (χ4v) is 2.91. The number of piperidine rings is 1. The molecule has 3 N–H and O–H groups in total. The van der Waals surface area contributed by atoms with Gasteiger partial charge in [-0.05, 0) is 18.2 Å². The van der Waals surface area contributed by atoms with Crippen LogP contribution in [-0.2, 0) is 16.1 Å². The number of rotatable bonds is 3. The van der Waals surface area contributed by atoms with E-state index in [0.717, 1.165) is 6.54 Å². The summed E-state index contributed by atoms with van der Waals surface area (Å²) < 4.78 is 0. The van der Waals surface area contributed by atoms with Gasteiger partial charge in [0.15, 0.2) is 0 Å². The van der Waals surface area contributed by atoms with Gasteiger partial charge in [0.05, 0.1) is 5.92 Å². The summed E-state index contributed by atoms with van der Waals surface area (Å²) in [5.41, 5.74) is 6.50. The predicted molar refractivity (Wildman–Crippen MR) is 74.1 cm³/mol. The molecule has 3 unspecified atom stereocenters. The highest BCUT2D eigenvalue weighted by atomic mass is 16.2. The number of amides is 2. The van der Waals surface area contributed by atoms with Crippen molar-refractivity contribution in [3.8, 4) is 0 Å². The van der Waals surface area contributed by atoms with Crippen LogP contribution < -0.4 is 11.1 Å². The summed E-state index contributed by atoms with van der Waals surface area (Å²) in [6.45, 7) is 0.733. The molecule has 2 heterocycles. The largest absolute Gasteiger partial charge is 0.369 e. The third kappa shape index (κ3) is 2.27. The molecule has 1 aromatic carbocycles. The van der Waals surface area contributed by atoms with Gasteiger partial charge in [0.2, 0.25) is 11.8 Å². The van der Waals surface area contributed by atoms with Crippen molar-refractivity contribution in [2.24, 2.45) is 11.7 Å². The number of primary amides is 1. The molecule has 0 aromatic heterocycles. The van der Waals surface area contributed by atoms with Gasteiger partial charge in [0.1, 0.15) is 6.04 Å². The minimum Gasteiger partial charge on any atom is -0.369 e. The predicted octanol–water partition coefficient (Wildman–Crippen LogP) is 0.374. The first-order valence-electron chi connectivity index (χ1n) is 6.73. The molecule has 3 rings (SSSR count). The fraction of sp³-hybridized carbons (Fsp3) is 0.333. The molecule has 0 aliphatic carbocycles. The van der Waals surface area contributed by atoms with Gasteiger partial charge in [-0.3, -0.25) is 9.59 Å². The summed E-state index contributed by atoms with van der Waals surface area (Å²) in [5, 5.41) is 2.68. The second-order valence-corrected chi connectivity index (χ2v) is 5.29. The minimum atomic E-state index is -0.568. The number of carbonyl (C=O) groups excluding carboxylic acids is 2. The Labute approximate surface area is 117 Å². The van der Waals surface area contributed by atoms with Gasteiger partial charge in [0, 0.05) is 12.6 Å². The molecule has 5 nitrogen and oxygen atoms in total. The molecule has 5 heteroatoms. The Kier molecular flexibility index (Phi) is 3.18. The molecule has 2 amide bonds. The SMILES string of the molecule is NC(=O)C1CC2C(C=CN2Cc2ccccc2)C(=O)N1. The van der Waals surface area contributed by atoms with E-state index in [-0.39, 0.29) is 17.9 Å². The molecule has 0 spiro atoms. The average Bonchev–Trinajstić information content (AvgIpc) is 2.84. The van der Waals surface area contributed by atoms with Crippen molar-refractivity contribution in [2.45, 2.75) is 25.0 Å². The first kappa shape index (κ1) is 12.7. The molecule has 2 aliphatic rings. The van der Waals surface area contributed by atoms with Crippen LogP contribution in [0.15, 0.2) is 42.6 Å². The van der Waals surface area contributed by atoms with Crippen LogP contribution in [0.5, 0.6) is 0 Å². The molecular formula is C15H17N3O2. The van der Waals surface area contributed by atoms with Crippen molar-refractivity contribution in [1.29, 1.82) is 0 Å². The lowest BCUT2D eigenvalue weighted by atomic mass is 9.89. The number of hydrogen-bond acceptors (Lipinski definition) is 3. The van der Waals surface area contributed by atoms with Crippen molar-refractivity contribution in [1.82, 2.24) is 10.2 Å². The molecule has 20 heavy (non-hydrogen) atoms.